The van der Waals surface area contributed by atoms with E-state index in [9.17, 15) is 0 Å². The first kappa shape index (κ1) is 13.1. The summed E-state index contributed by atoms with van der Waals surface area (Å²) in [6, 6.07) is 3.97. The number of nitrogens with one attached hydrogen (secondary N) is 2. The number of methoxy groups -OCH3 is 1. The summed E-state index contributed by atoms with van der Waals surface area (Å²) in [6.45, 7) is 1.52. The fourth-order valence-electron chi connectivity index (χ4n) is 0.977. The van der Waals surface area contributed by atoms with Gasteiger partial charge in [0.1, 0.15) is 0 Å². The van der Waals surface area contributed by atoms with Gasteiger partial charge in [0.15, 0.2) is 5.11 Å². The predicted molar refractivity (Wildman–Crippen MR) is 72.1 cm³/mol. The Hall–Kier alpha value is -0.980. The molecule has 0 saturated heterocycles. The Morgan fingerprint density at radius 2 is 2.56 bits per heavy atom. The van der Waals surface area contributed by atoms with Crippen molar-refractivity contribution in [2.45, 2.75) is 6.42 Å². The summed E-state index contributed by atoms with van der Waals surface area (Å²) in [7, 11) is 1.68. The lowest BCUT2D eigenvalue weighted by Crippen LogP contribution is -2.33. The smallest absolute Gasteiger partial charge is 0.186 e. The molecular weight excluding hydrogens is 242 g/mol. The van der Waals surface area contributed by atoms with Crippen molar-refractivity contribution in [2.24, 2.45) is 5.10 Å². The van der Waals surface area contributed by atoms with Crippen LogP contribution in [0.4, 0.5) is 0 Å². The summed E-state index contributed by atoms with van der Waals surface area (Å²) in [5.74, 6) is 0. The van der Waals surface area contributed by atoms with Crippen LogP contribution in [0.15, 0.2) is 22.6 Å². The van der Waals surface area contributed by atoms with Gasteiger partial charge in [0.2, 0.25) is 0 Å². The van der Waals surface area contributed by atoms with Gasteiger partial charge in [-0.3, -0.25) is 5.43 Å². The Kier molecular flexibility index (Phi) is 6.71. The van der Waals surface area contributed by atoms with Crippen LogP contribution in [0, 0.1) is 0 Å². The van der Waals surface area contributed by atoms with E-state index in [0.29, 0.717) is 5.11 Å². The van der Waals surface area contributed by atoms with Crippen molar-refractivity contribution in [1.82, 2.24) is 10.7 Å². The fourth-order valence-corrected chi connectivity index (χ4v) is 1.72. The Morgan fingerprint density at radius 3 is 3.25 bits per heavy atom. The van der Waals surface area contributed by atoms with Gasteiger partial charge in [0.05, 0.1) is 6.21 Å². The lowest BCUT2D eigenvalue weighted by Gasteiger charge is -2.05. The molecule has 0 aliphatic heterocycles. The number of thiophene rings is 1. The molecule has 0 aromatic carbocycles. The summed E-state index contributed by atoms with van der Waals surface area (Å²) < 4.78 is 4.92. The predicted octanol–water partition coefficient (Wildman–Crippen LogP) is 1.58. The zero-order chi connectivity index (χ0) is 11.6. The zero-order valence-corrected chi connectivity index (χ0v) is 10.7. The van der Waals surface area contributed by atoms with Crippen molar-refractivity contribution in [1.29, 1.82) is 0 Å². The van der Waals surface area contributed by atoms with Gasteiger partial charge in [0, 0.05) is 25.1 Å². The monoisotopic (exact) mass is 257 g/mol. The standard InChI is InChI=1S/C10H15N3OS2/c1-14-6-3-5-11-10(15)13-12-8-9-4-2-7-16-9/h2,4,7-8H,3,5-6H2,1H3,(H2,11,13,15)/b12-8+. The highest BCUT2D eigenvalue weighted by atomic mass is 32.1. The third-order valence-electron chi connectivity index (χ3n) is 1.71. The third kappa shape index (κ3) is 5.79. The number of thiocarbonyl (C=S) groups is 1. The van der Waals surface area contributed by atoms with Gasteiger partial charge in [-0.1, -0.05) is 6.07 Å². The molecule has 1 heterocycles. The van der Waals surface area contributed by atoms with E-state index in [1.807, 2.05) is 17.5 Å². The highest BCUT2D eigenvalue weighted by Gasteiger charge is 1.92. The van der Waals surface area contributed by atoms with Crippen LogP contribution in [0.2, 0.25) is 0 Å². The van der Waals surface area contributed by atoms with E-state index >= 15 is 0 Å². The fraction of sp³-hybridized carbons (Fsp3) is 0.400. The van der Waals surface area contributed by atoms with Gasteiger partial charge in [-0.2, -0.15) is 5.10 Å². The first-order valence-electron chi connectivity index (χ1n) is 4.92. The molecule has 0 aliphatic rings. The molecule has 0 aliphatic carbocycles. The van der Waals surface area contributed by atoms with Crippen LogP contribution in [0.3, 0.4) is 0 Å². The minimum Gasteiger partial charge on any atom is -0.385 e. The average molecular weight is 257 g/mol. The second-order valence-corrected chi connectivity index (χ2v) is 4.38. The Balaban J connectivity index is 2.10. The number of hydrogen-bond acceptors (Lipinski definition) is 4. The summed E-state index contributed by atoms with van der Waals surface area (Å²) >= 11 is 6.65. The van der Waals surface area contributed by atoms with Gasteiger partial charge in [-0.25, -0.2) is 0 Å². The van der Waals surface area contributed by atoms with E-state index < -0.39 is 0 Å². The molecule has 1 rings (SSSR count). The van der Waals surface area contributed by atoms with Crippen LogP contribution in [0.5, 0.6) is 0 Å². The molecule has 1 aromatic heterocycles. The van der Waals surface area contributed by atoms with Crippen LogP contribution in [0.25, 0.3) is 0 Å². The Bertz CT molecular complexity index is 325. The molecule has 0 spiro atoms. The van der Waals surface area contributed by atoms with Gasteiger partial charge in [0.25, 0.3) is 0 Å². The first-order chi connectivity index (χ1) is 7.83. The molecule has 0 amide bonds. The lowest BCUT2D eigenvalue weighted by atomic mass is 10.4. The molecule has 0 bridgehead atoms. The molecular formula is C10H15N3OS2. The summed E-state index contributed by atoms with van der Waals surface area (Å²) in [5, 5.41) is 9.57. The second-order valence-electron chi connectivity index (χ2n) is 2.99. The van der Waals surface area contributed by atoms with Gasteiger partial charge in [-0.05, 0) is 30.1 Å². The highest BCUT2D eigenvalue weighted by Crippen LogP contribution is 2.03. The average Bonchev–Trinajstić information content (AvgIpc) is 2.77. The molecule has 6 heteroatoms. The van der Waals surface area contributed by atoms with Crippen molar-refractivity contribution in [3.8, 4) is 0 Å². The van der Waals surface area contributed by atoms with Crippen molar-refractivity contribution in [3.63, 3.8) is 0 Å². The molecule has 0 radical (unpaired) electrons. The maximum Gasteiger partial charge on any atom is 0.186 e. The van der Waals surface area contributed by atoms with E-state index in [-0.39, 0.29) is 0 Å². The van der Waals surface area contributed by atoms with Crippen molar-refractivity contribution < 1.29 is 4.74 Å². The van der Waals surface area contributed by atoms with E-state index in [4.69, 9.17) is 17.0 Å². The maximum atomic E-state index is 5.03. The Labute approximate surface area is 105 Å². The zero-order valence-electron chi connectivity index (χ0n) is 9.10. The minimum atomic E-state index is 0.531. The molecule has 0 saturated carbocycles. The van der Waals surface area contributed by atoms with Crippen LogP contribution in [-0.4, -0.2) is 31.6 Å². The maximum absolute atomic E-state index is 5.03. The van der Waals surface area contributed by atoms with Crippen LogP contribution in [0.1, 0.15) is 11.3 Å². The van der Waals surface area contributed by atoms with E-state index in [2.05, 4.69) is 15.8 Å². The quantitative estimate of drug-likeness (QED) is 0.351. The summed E-state index contributed by atoms with van der Waals surface area (Å²) in [4.78, 5) is 1.09. The molecule has 4 nitrogen and oxygen atoms in total. The summed E-state index contributed by atoms with van der Waals surface area (Å²) in [5.41, 5.74) is 2.75. The van der Waals surface area contributed by atoms with Crippen molar-refractivity contribution >= 4 is 34.9 Å². The Morgan fingerprint density at radius 1 is 1.69 bits per heavy atom. The molecule has 88 valence electrons. The minimum absolute atomic E-state index is 0.531. The molecule has 0 unspecified atom stereocenters. The van der Waals surface area contributed by atoms with E-state index in [1.165, 1.54) is 0 Å². The third-order valence-corrected chi connectivity index (χ3v) is 2.75. The number of hydrogen-bond donors (Lipinski definition) is 2. The van der Waals surface area contributed by atoms with Crippen LogP contribution in [-0.2, 0) is 4.74 Å². The molecule has 0 fully saturated rings. The number of ether oxygens (including phenoxy) is 1. The lowest BCUT2D eigenvalue weighted by molar-refractivity contribution is 0.195. The van der Waals surface area contributed by atoms with Gasteiger partial charge < -0.3 is 10.1 Å². The number of rotatable bonds is 6. The summed E-state index contributed by atoms with van der Waals surface area (Å²) in [6.07, 6.45) is 2.67. The SMILES string of the molecule is COCCCNC(=S)N/N=C/c1cccs1. The van der Waals surface area contributed by atoms with E-state index in [1.54, 1.807) is 24.7 Å². The number of nitrogens with zero attached hydrogens (tertiary/aromatic N) is 1. The van der Waals surface area contributed by atoms with Crippen LogP contribution >= 0.6 is 23.6 Å². The van der Waals surface area contributed by atoms with Gasteiger partial charge in [-0.15, -0.1) is 11.3 Å². The molecule has 2 N–H and O–H groups in total. The molecule has 0 atom stereocenters. The van der Waals surface area contributed by atoms with Crippen LogP contribution < -0.4 is 10.7 Å². The van der Waals surface area contributed by atoms with Gasteiger partial charge >= 0.3 is 0 Å². The normalized spacial score (nSPS) is 10.6. The highest BCUT2D eigenvalue weighted by molar-refractivity contribution is 7.80. The van der Waals surface area contributed by atoms with E-state index in [0.717, 1.165) is 24.4 Å². The second kappa shape index (κ2) is 8.20. The first-order valence-corrected chi connectivity index (χ1v) is 6.21. The van der Waals surface area contributed by atoms with Crippen molar-refractivity contribution in [2.75, 3.05) is 20.3 Å². The van der Waals surface area contributed by atoms with Crippen molar-refractivity contribution in [3.05, 3.63) is 22.4 Å². The molecule has 16 heavy (non-hydrogen) atoms. The topological polar surface area (TPSA) is 45.6 Å². The largest absolute Gasteiger partial charge is 0.385 e. The number of hydrazone groups is 1. The molecule has 1 aromatic rings.